The molecular formula is C35H64O7. The van der Waals surface area contributed by atoms with Gasteiger partial charge in [0.25, 0.3) is 0 Å². The highest BCUT2D eigenvalue weighted by Crippen LogP contribution is 2.28. The number of rotatable bonds is 26. The quantitative estimate of drug-likeness (QED) is 0.0624. The molecule has 42 heavy (non-hydrogen) atoms. The van der Waals surface area contributed by atoms with Crippen molar-refractivity contribution in [2.24, 2.45) is 0 Å². The van der Waals surface area contributed by atoms with Gasteiger partial charge in [-0.3, -0.25) is 0 Å². The number of aliphatic hydroxyl groups is 4. The second kappa shape index (κ2) is 22.5. The molecular weight excluding hydrogens is 532 g/mol. The van der Waals surface area contributed by atoms with Crippen molar-refractivity contribution in [3.63, 3.8) is 0 Å². The minimum atomic E-state index is -0.551. The van der Waals surface area contributed by atoms with E-state index in [0.29, 0.717) is 24.8 Å². The molecule has 0 saturated carbocycles. The van der Waals surface area contributed by atoms with Crippen molar-refractivity contribution >= 4 is 5.97 Å². The number of esters is 1. The molecule has 2 aliphatic rings. The van der Waals surface area contributed by atoms with Gasteiger partial charge in [-0.2, -0.15) is 0 Å². The summed E-state index contributed by atoms with van der Waals surface area (Å²) in [5.41, 5.74) is 0.566. The van der Waals surface area contributed by atoms with Gasteiger partial charge in [0.05, 0.1) is 36.6 Å². The van der Waals surface area contributed by atoms with Crippen molar-refractivity contribution < 1.29 is 34.7 Å². The van der Waals surface area contributed by atoms with E-state index >= 15 is 0 Å². The Morgan fingerprint density at radius 2 is 1.10 bits per heavy atom. The molecule has 2 heterocycles. The van der Waals surface area contributed by atoms with Crippen molar-refractivity contribution in [3.05, 3.63) is 11.6 Å². The zero-order valence-corrected chi connectivity index (χ0v) is 26.9. The van der Waals surface area contributed by atoms with Gasteiger partial charge in [0.2, 0.25) is 0 Å². The first-order valence-corrected chi connectivity index (χ1v) is 17.6. The van der Waals surface area contributed by atoms with Gasteiger partial charge in [0, 0.05) is 12.0 Å². The summed E-state index contributed by atoms with van der Waals surface area (Å²) in [7, 11) is 0. The van der Waals surface area contributed by atoms with Crippen LogP contribution in [0, 0.1) is 0 Å². The lowest BCUT2D eigenvalue weighted by Crippen LogP contribution is -2.31. The van der Waals surface area contributed by atoms with E-state index in [1.54, 1.807) is 6.08 Å². The topological polar surface area (TPSA) is 116 Å². The van der Waals surface area contributed by atoms with E-state index in [4.69, 9.17) is 9.47 Å². The Bertz CT molecular complexity index is 726. The fourth-order valence-corrected chi connectivity index (χ4v) is 6.42. The van der Waals surface area contributed by atoms with Gasteiger partial charge in [-0.05, 0) is 57.9 Å². The summed E-state index contributed by atoms with van der Waals surface area (Å²) in [6.45, 7) is 4.07. The molecule has 1 saturated heterocycles. The average molecular weight is 597 g/mol. The molecule has 0 unspecified atom stereocenters. The highest BCUT2D eigenvalue weighted by molar-refractivity contribution is 5.90. The van der Waals surface area contributed by atoms with Crippen LogP contribution in [0.15, 0.2) is 11.6 Å². The van der Waals surface area contributed by atoms with Crippen LogP contribution in [0.4, 0.5) is 0 Å². The Morgan fingerprint density at radius 1 is 0.667 bits per heavy atom. The van der Waals surface area contributed by atoms with Gasteiger partial charge in [-0.1, -0.05) is 103 Å². The molecule has 7 heteroatoms. The zero-order valence-electron chi connectivity index (χ0n) is 26.9. The van der Waals surface area contributed by atoms with Crippen LogP contribution >= 0.6 is 0 Å². The van der Waals surface area contributed by atoms with Crippen LogP contribution in [-0.2, 0) is 14.3 Å². The first kappa shape index (κ1) is 37.2. The zero-order chi connectivity index (χ0) is 30.6. The first-order chi connectivity index (χ1) is 20.3. The third-order valence-corrected chi connectivity index (χ3v) is 9.11. The highest BCUT2D eigenvalue weighted by atomic mass is 16.5. The number of carbonyl (C=O) groups is 1. The number of cyclic esters (lactones) is 1. The van der Waals surface area contributed by atoms with Gasteiger partial charge in [0.1, 0.15) is 6.10 Å². The van der Waals surface area contributed by atoms with Gasteiger partial charge < -0.3 is 29.9 Å². The van der Waals surface area contributed by atoms with Crippen LogP contribution in [0.25, 0.3) is 0 Å². The van der Waals surface area contributed by atoms with Crippen LogP contribution in [0.2, 0.25) is 0 Å². The molecule has 0 aromatic carbocycles. The molecule has 246 valence electrons. The van der Waals surface area contributed by atoms with E-state index in [-0.39, 0.29) is 30.4 Å². The van der Waals surface area contributed by atoms with E-state index < -0.39 is 18.3 Å². The van der Waals surface area contributed by atoms with Crippen molar-refractivity contribution in [2.75, 3.05) is 0 Å². The maximum absolute atomic E-state index is 11.7. The molecule has 0 radical (unpaired) electrons. The van der Waals surface area contributed by atoms with E-state index in [0.717, 1.165) is 70.6 Å². The molecule has 0 aromatic heterocycles. The number of hydrogen-bond donors (Lipinski definition) is 4. The van der Waals surface area contributed by atoms with E-state index in [1.165, 1.54) is 57.8 Å². The maximum Gasteiger partial charge on any atom is 0.334 e. The largest absolute Gasteiger partial charge is 0.455 e. The minimum Gasteiger partial charge on any atom is -0.455 e. The lowest BCUT2D eigenvalue weighted by atomic mass is 9.99. The Balaban J connectivity index is 1.41. The minimum absolute atomic E-state index is 0.139. The third kappa shape index (κ3) is 16.2. The van der Waals surface area contributed by atoms with Crippen molar-refractivity contribution in [2.45, 2.75) is 204 Å². The van der Waals surface area contributed by atoms with Crippen LogP contribution in [0.5, 0.6) is 0 Å². The number of aliphatic hydroxyl groups excluding tert-OH is 4. The Morgan fingerprint density at radius 3 is 1.60 bits per heavy atom. The molecule has 0 spiro atoms. The SMILES string of the molecule is CCCCCCCCCCCC[C@H](O)[C@H]1CC[C@@H]([C@H](O)CCCCC[C@H](O)CCCC[C@H](O)CC2=C[C@@H](C)OC2=O)O1. The molecule has 2 rings (SSSR count). The van der Waals surface area contributed by atoms with E-state index in [2.05, 4.69) is 6.92 Å². The lowest BCUT2D eigenvalue weighted by Gasteiger charge is -2.22. The summed E-state index contributed by atoms with van der Waals surface area (Å²) in [6, 6.07) is 0. The molecule has 4 N–H and O–H groups in total. The first-order valence-electron chi connectivity index (χ1n) is 17.6. The van der Waals surface area contributed by atoms with E-state index in [1.807, 2.05) is 6.92 Å². The molecule has 0 amide bonds. The summed E-state index contributed by atoms with van der Waals surface area (Å²) >= 11 is 0. The molecule has 1 fully saturated rings. The monoisotopic (exact) mass is 596 g/mol. The average Bonchev–Trinajstić information content (AvgIpc) is 3.58. The van der Waals surface area contributed by atoms with Crippen molar-refractivity contribution in [3.8, 4) is 0 Å². The number of unbranched alkanes of at least 4 members (excludes halogenated alkanes) is 12. The summed E-state index contributed by atoms with van der Waals surface area (Å²) in [4.78, 5) is 11.7. The highest BCUT2D eigenvalue weighted by Gasteiger charge is 2.34. The predicted molar refractivity (Wildman–Crippen MR) is 168 cm³/mol. The van der Waals surface area contributed by atoms with Gasteiger partial charge in [-0.15, -0.1) is 0 Å². The van der Waals surface area contributed by atoms with Crippen LogP contribution in [0.3, 0.4) is 0 Å². The maximum atomic E-state index is 11.7. The molecule has 0 aromatic rings. The predicted octanol–water partition coefficient (Wildman–Crippen LogP) is 7.06. The Labute approximate surface area is 256 Å². The van der Waals surface area contributed by atoms with Crippen LogP contribution in [-0.4, -0.2) is 69.1 Å². The van der Waals surface area contributed by atoms with Crippen LogP contribution in [0.1, 0.15) is 162 Å². The number of hydrogen-bond acceptors (Lipinski definition) is 7. The Hall–Kier alpha value is -0.990. The van der Waals surface area contributed by atoms with E-state index in [9.17, 15) is 25.2 Å². The van der Waals surface area contributed by atoms with Crippen molar-refractivity contribution in [1.82, 2.24) is 0 Å². The van der Waals surface area contributed by atoms with Crippen LogP contribution < -0.4 is 0 Å². The second-order valence-corrected chi connectivity index (χ2v) is 13.1. The van der Waals surface area contributed by atoms with Gasteiger partial charge >= 0.3 is 5.97 Å². The molecule has 2 aliphatic heterocycles. The molecule has 0 aliphatic carbocycles. The summed E-state index contributed by atoms with van der Waals surface area (Å²) in [5, 5.41) is 41.7. The van der Waals surface area contributed by atoms with Gasteiger partial charge in [0.15, 0.2) is 0 Å². The van der Waals surface area contributed by atoms with Crippen molar-refractivity contribution in [1.29, 1.82) is 0 Å². The lowest BCUT2D eigenvalue weighted by molar-refractivity contribution is -0.139. The smallest absolute Gasteiger partial charge is 0.334 e. The normalized spacial score (nSPS) is 23.5. The number of carbonyl (C=O) groups excluding carboxylic acids is 1. The molecule has 0 bridgehead atoms. The number of ether oxygens (including phenoxy) is 2. The standard InChI is InChI=1S/C35H64O7/c1-3-4-5-6-7-8-9-10-11-14-21-31(38)33-23-24-34(42-33)32(39)22-15-12-13-18-29(36)19-16-17-20-30(37)26-28-25-27(2)41-35(28)40/h25,27,29-34,36-39H,3-24,26H2,1-2H3/t27-,29+,30+,31+,32-,33-,34+/m1/s1. The summed E-state index contributed by atoms with van der Waals surface area (Å²) in [6.07, 6.45) is 22.4. The van der Waals surface area contributed by atoms with Gasteiger partial charge in [-0.25, -0.2) is 4.79 Å². The molecule has 7 nitrogen and oxygen atoms in total. The summed E-state index contributed by atoms with van der Waals surface area (Å²) < 4.78 is 11.1. The fraction of sp³-hybridized carbons (Fsp3) is 0.914. The molecule has 7 atom stereocenters. The second-order valence-electron chi connectivity index (χ2n) is 13.1. The summed E-state index contributed by atoms with van der Waals surface area (Å²) in [5.74, 6) is -0.321. The third-order valence-electron chi connectivity index (χ3n) is 9.11. The Kier molecular flexibility index (Phi) is 19.9. The fourth-order valence-electron chi connectivity index (χ4n) is 6.42.